The normalized spacial score (nSPS) is 15.7. The van der Waals surface area contributed by atoms with Crippen molar-refractivity contribution in [2.45, 2.75) is 12.6 Å². The second-order valence-electron chi connectivity index (χ2n) is 8.11. The van der Waals surface area contributed by atoms with Gasteiger partial charge in [0.2, 0.25) is 0 Å². The zero-order chi connectivity index (χ0) is 24.5. The average Bonchev–Trinajstić information content (AvgIpc) is 3.42. The van der Waals surface area contributed by atoms with E-state index in [1.54, 1.807) is 17.0 Å². The highest BCUT2D eigenvalue weighted by Gasteiger charge is 2.36. The fraction of sp³-hybridized carbons (Fsp3) is 0.160. The van der Waals surface area contributed by atoms with Crippen LogP contribution in [-0.2, 0) is 16.0 Å². The number of rotatable bonds is 6. The van der Waals surface area contributed by atoms with Gasteiger partial charge in [0.15, 0.2) is 6.23 Å². The van der Waals surface area contributed by atoms with Crippen LogP contribution in [0.5, 0.6) is 0 Å². The lowest BCUT2D eigenvalue weighted by atomic mass is 10.1. The summed E-state index contributed by atoms with van der Waals surface area (Å²) in [4.78, 5) is 18.3. The summed E-state index contributed by atoms with van der Waals surface area (Å²) in [5.41, 5.74) is 8.58. The number of carbonyl (C=O) groups excluding carboxylic acids is 1. The molecule has 1 fully saturated rings. The molecule has 1 aliphatic heterocycles. The van der Waals surface area contributed by atoms with Crippen molar-refractivity contribution in [3.8, 4) is 17.1 Å². The molecule has 0 saturated carbocycles. The summed E-state index contributed by atoms with van der Waals surface area (Å²) in [5, 5.41) is 4.46. The molecule has 10 heteroatoms. The van der Waals surface area contributed by atoms with Gasteiger partial charge in [-0.25, -0.2) is 17.9 Å². The topological polar surface area (TPSA) is 86.3 Å². The fourth-order valence-corrected chi connectivity index (χ4v) is 3.97. The van der Waals surface area contributed by atoms with Crippen LogP contribution in [0, 0.1) is 17.5 Å². The number of nitrogens with zero attached hydrogens (tertiary/aromatic N) is 4. The van der Waals surface area contributed by atoms with Crippen molar-refractivity contribution in [1.82, 2.24) is 19.7 Å². The molecule has 1 aliphatic rings. The van der Waals surface area contributed by atoms with E-state index >= 15 is 0 Å². The number of carbonyl (C=O) groups is 1. The van der Waals surface area contributed by atoms with Crippen LogP contribution in [0.2, 0.25) is 0 Å². The summed E-state index contributed by atoms with van der Waals surface area (Å²) in [7, 11) is 0. The molecule has 7 nitrogen and oxygen atoms in total. The van der Waals surface area contributed by atoms with Gasteiger partial charge in [0.25, 0.3) is 5.91 Å². The van der Waals surface area contributed by atoms with Crippen molar-refractivity contribution in [3.05, 3.63) is 95.6 Å². The minimum atomic E-state index is -0.815. The number of nitrogens with two attached hydrogens (primary N) is 1. The number of pyridine rings is 1. The van der Waals surface area contributed by atoms with Crippen LogP contribution in [0.1, 0.15) is 17.4 Å². The SMILES string of the molecule is Nc1ccc(CCN2C(=O)COC2c2cn(-c3cc(F)cc(F)c3)nc2-c2ccc(F)cn2)cc1. The van der Waals surface area contributed by atoms with Crippen molar-refractivity contribution in [2.24, 2.45) is 0 Å². The molecule has 0 radical (unpaired) electrons. The predicted octanol–water partition coefficient (Wildman–Crippen LogP) is 4.03. The molecule has 2 N–H and O–H groups in total. The van der Waals surface area contributed by atoms with Gasteiger partial charge in [0.1, 0.15) is 29.8 Å². The Morgan fingerprint density at radius 1 is 1.00 bits per heavy atom. The number of amides is 1. The molecule has 1 amide bonds. The lowest BCUT2D eigenvalue weighted by molar-refractivity contribution is -0.128. The summed E-state index contributed by atoms with van der Waals surface area (Å²) >= 11 is 0. The third-order valence-corrected chi connectivity index (χ3v) is 5.68. The van der Waals surface area contributed by atoms with Gasteiger partial charge in [0, 0.05) is 30.1 Å². The van der Waals surface area contributed by atoms with Crippen LogP contribution in [0.25, 0.3) is 17.1 Å². The lowest BCUT2D eigenvalue weighted by Gasteiger charge is -2.23. The van der Waals surface area contributed by atoms with Crippen LogP contribution in [0.15, 0.2) is 67.0 Å². The number of hydrogen-bond acceptors (Lipinski definition) is 5. The lowest BCUT2D eigenvalue weighted by Crippen LogP contribution is -2.30. The van der Waals surface area contributed by atoms with E-state index in [9.17, 15) is 18.0 Å². The third-order valence-electron chi connectivity index (χ3n) is 5.68. The van der Waals surface area contributed by atoms with Crippen LogP contribution in [-0.4, -0.2) is 38.7 Å². The first-order valence-electron chi connectivity index (χ1n) is 10.8. The number of aromatic nitrogens is 3. The Hall–Kier alpha value is -4.18. The number of anilines is 1. The second kappa shape index (κ2) is 9.22. The van der Waals surface area contributed by atoms with E-state index in [1.165, 1.54) is 23.0 Å². The molecular formula is C25H20F3N5O2. The van der Waals surface area contributed by atoms with E-state index in [0.29, 0.717) is 35.6 Å². The molecule has 178 valence electrons. The quantitative estimate of drug-likeness (QED) is 0.422. The number of hydrogen-bond donors (Lipinski definition) is 1. The van der Waals surface area contributed by atoms with Crippen molar-refractivity contribution in [3.63, 3.8) is 0 Å². The van der Waals surface area contributed by atoms with E-state index in [1.807, 2.05) is 12.1 Å². The highest BCUT2D eigenvalue weighted by atomic mass is 19.1. The minimum absolute atomic E-state index is 0.134. The molecule has 1 atom stereocenters. The Bertz CT molecular complexity index is 1350. The van der Waals surface area contributed by atoms with Gasteiger partial charge in [0.05, 0.1) is 17.6 Å². The Morgan fingerprint density at radius 2 is 1.74 bits per heavy atom. The first-order chi connectivity index (χ1) is 16.9. The van der Waals surface area contributed by atoms with Crippen molar-refractivity contribution in [1.29, 1.82) is 0 Å². The smallest absolute Gasteiger partial charge is 0.250 e. The van der Waals surface area contributed by atoms with Gasteiger partial charge < -0.3 is 15.4 Å². The molecule has 4 aromatic rings. The maximum Gasteiger partial charge on any atom is 0.250 e. The highest BCUT2D eigenvalue weighted by Crippen LogP contribution is 2.35. The van der Waals surface area contributed by atoms with Crippen molar-refractivity contribution in [2.75, 3.05) is 18.9 Å². The van der Waals surface area contributed by atoms with Gasteiger partial charge >= 0.3 is 0 Å². The van der Waals surface area contributed by atoms with Gasteiger partial charge in [-0.1, -0.05) is 12.1 Å². The van der Waals surface area contributed by atoms with Crippen LogP contribution in [0.3, 0.4) is 0 Å². The van der Waals surface area contributed by atoms with Gasteiger partial charge in [-0.15, -0.1) is 0 Å². The Balaban J connectivity index is 1.53. The maximum atomic E-state index is 13.9. The molecule has 3 heterocycles. The van der Waals surface area contributed by atoms with E-state index in [2.05, 4.69) is 10.1 Å². The maximum absolute atomic E-state index is 13.9. The first kappa shape index (κ1) is 22.6. The van der Waals surface area contributed by atoms with E-state index in [0.717, 1.165) is 30.0 Å². The molecule has 0 aliphatic carbocycles. The first-order valence-corrected chi connectivity index (χ1v) is 10.8. The zero-order valence-electron chi connectivity index (χ0n) is 18.4. The van der Waals surface area contributed by atoms with E-state index in [4.69, 9.17) is 10.5 Å². The second-order valence-corrected chi connectivity index (χ2v) is 8.11. The molecule has 1 saturated heterocycles. The molecule has 2 aromatic heterocycles. The summed E-state index contributed by atoms with van der Waals surface area (Å²) in [5.74, 6) is -2.28. The van der Waals surface area contributed by atoms with Crippen molar-refractivity contribution >= 4 is 11.6 Å². The predicted molar refractivity (Wildman–Crippen MR) is 122 cm³/mol. The largest absolute Gasteiger partial charge is 0.399 e. The molecule has 0 spiro atoms. The summed E-state index contributed by atoms with van der Waals surface area (Å²) < 4.78 is 48.3. The Labute approximate surface area is 198 Å². The molecule has 5 rings (SSSR count). The summed E-state index contributed by atoms with van der Waals surface area (Å²) in [6.07, 6.45) is 2.32. The molecule has 0 bridgehead atoms. The minimum Gasteiger partial charge on any atom is -0.399 e. The number of nitrogen functional groups attached to an aromatic ring is 1. The van der Waals surface area contributed by atoms with Crippen molar-refractivity contribution < 1.29 is 22.7 Å². The molecule has 2 aromatic carbocycles. The average molecular weight is 479 g/mol. The molecule has 35 heavy (non-hydrogen) atoms. The van der Waals surface area contributed by atoms with E-state index in [-0.39, 0.29) is 18.2 Å². The summed E-state index contributed by atoms with van der Waals surface area (Å²) in [6, 6.07) is 13.0. The fourth-order valence-electron chi connectivity index (χ4n) is 3.97. The Morgan fingerprint density at radius 3 is 2.43 bits per heavy atom. The highest BCUT2D eigenvalue weighted by molar-refractivity contribution is 5.80. The van der Waals surface area contributed by atoms with Gasteiger partial charge in [-0.3, -0.25) is 9.78 Å². The number of ether oxygens (including phenoxy) is 1. The Kier molecular flexibility index (Phi) is 5.96. The number of benzene rings is 2. The van der Waals surface area contributed by atoms with Gasteiger partial charge in [-0.05, 0) is 48.4 Å². The number of halogens is 3. The van der Waals surface area contributed by atoms with Crippen LogP contribution >= 0.6 is 0 Å². The van der Waals surface area contributed by atoms with Gasteiger partial charge in [-0.2, -0.15) is 5.10 Å². The van der Waals surface area contributed by atoms with Crippen LogP contribution < -0.4 is 5.73 Å². The molecular weight excluding hydrogens is 459 g/mol. The third kappa shape index (κ3) is 4.73. The standard InChI is InChI=1S/C25H20F3N5O2/c26-16-3-6-22(30-12-16)24-21(13-33(31-24)20-10-17(27)9-18(28)11-20)25-32(23(34)14-35-25)8-7-15-1-4-19(29)5-2-15/h1-6,9-13,25H,7-8,14,29H2. The van der Waals surface area contributed by atoms with Crippen LogP contribution in [0.4, 0.5) is 18.9 Å². The molecule has 1 unspecified atom stereocenters. The van der Waals surface area contributed by atoms with E-state index < -0.39 is 23.7 Å². The monoisotopic (exact) mass is 479 g/mol. The zero-order valence-corrected chi connectivity index (χ0v) is 18.4. The summed E-state index contributed by atoms with van der Waals surface area (Å²) in [6.45, 7) is 0.214.